The van der Waals surface area contributed by atoms with E-state index >= 15 is 0 Å². The van der Waals surface area contributed by atoms with E-state index in [9.17, 15) is 4.79 Å². The van der Waals surface area contributed by atoms with Crippen molar-refractivity contribution in [2.45, 2.75) is 6.54 Å². The van der Waals surface area contributed by atoms with E-state index in [0.717, 1.165) is 43.3 Å². The number of para-hydroxylation sites is 1. The number of nitrogens with zero attached hydrogens (tertiary/aromatic N) is 3. The second-order valence-corrected chi connectivity index (χ2v) is 7.44. The second kappa shape index (κ2) is 9.41. The highest BCUT2D eigenvalue weighted by molar-refractivity contribution is 5.94. The predicted molar refractivity (Wildman–Crippen MR) is 118 cm³/mol. The summed E-state index contributed by atoms with van der Waals surface area (Å²) >= 11 is 0. The van der Waals surface area contributed by atoms with Gasteiger partial charge in [-0.2, -0.15) is 0 Å². The molecule has 1 aromatic heterocycles. The van der Waals surface area contributed by atoms with E-state index in [1.165, 1.54) is 0 Å². The molecule has 2 aromatic carbocycles. The van der Waals surface area contributed by atoms with E-state index in [-0.39, 0.29) is 5.91 Å². The Hall–Kier alpha value is -3.38. The van der Waals surface area contributed by atoms with Gasteiger partial charge in [0.05, 0.1) is 0 Å². The molecule has 1 saturated heterocycles. The highest BCUT2D eigenvalue weighted by Crippen LogP contribution is 2.21. The Bertz CT molecular complexity index is 951. The summed E-state index contributed by atoms with van der Waals surface area (Å²) in [6.45, 7) is 4.52. The molecule has 1 N–H and O–H groups in total. The first-order chi connectivity index (χ1) is 14.7. The van der Waals surface area contributed by atoms with Gasteiger partial charge in [0.25, 0.3) is 5.91 Å². The van der Waals surface area contributed by atoms with Gasteiger partial charge in [-0.25, -0.2) is 4.98 Å². The number of benzene rings is 2. The van der Waals surface area contributed by atoms with Crippen LogP contribution in [0.15, 0.2) is 72.9 Å². The fourth-order valence-corrected chi connectivity index (χ4v) is 3.33. The van der Waals surface area contributed by atoms with E-state index in [1.807, 2.05) is 48.7 Å². The second-order valence-electron chi connectivity index (χ2n) is 7.44. The van der Waals surface area contributed by atoms with E-state index < -0.39 is 0 Å². The zero-order valence-electron chi connectivity index (χ0n) is 17.1. The van der Waals surface area contributed by atoms with E-state index in [4.69, 9.17) is 4.74 Å². The molecule has 0 saturated carbocycles. The standard InChI is InChI=1S/C24H26N4O2/c1-27-13-15-28(16-14-27)23-12-7-19(17-25-23)18-26-24(29)20-8-10-22(11-9-20)30-21-5-3-2-4-6-21/h2-12,17H,13-16,18H2,1H3,(H,26,29). The van der Waals surface area contributed by atoms with Crippen LogP contribution in [0.2, 0.25) is 0 Å². The molecule has 154 valence electrons. The van der Waals surface area contributed by atoms with Gasteiger partial charge in [-0.1, -0.05) is 24.3 Å². The molecule has 0 bridgehead atoms. The normalized spacial score (nSPS) is 14.4. The van der Waals surface area contributed by atoms with Crippen LogP contribution in [0, 0.1) is 0 Å². The van der Waals surface area contributed by atoms with Crippen LogP contribution in [0.25, 0.3) is 0 Å². The zero-order valence-corrected chi connectivity index (χ0v) is 17.1. The van der Waals surface area contributed by atoms with Crippen LogP contribution < -0.4 is 15.0 Å². The van der Waals surface area contributed by atoms with Crippen molar-refractivity contribution in [3.8, 4) is 11.5 Å². The molecule has 0 aliphatic carbocycles. The number of nitrogens with one attached hydrogen (secondary N) is 1. The Labute approximate surface area is 177 Å². The maximum absolute atomic E-state index is 12.4. The number of hydrogen-bond donors (Lipinski definition) is 1. The largest absolute Gasteiger partial charge is 0.457 e. The Morgan fingerprint density at radius 1 is 0.933 bits per heavy atom. The number of carbonyl (C=O) groups is 1. The topological polar surface area (TPSA) is 57.7 Å². The monoisotopic (exact) mass is 402 g/mol. The minimum atomic E-state index is -0.121. The zero-order chi connectivity index (χ0) is 20.8. The maximum atomic E-state index is 12.4. The van der Waals surface area contributed by atoms with Crippen LogP contribution in [0.4, 0.5) is 5.82 Å². The van der Waals surface area contributed by atoms with Crippen molar-refractivity contribution in [1.82, 2.24) is 15.2 Å². The lowest BCUT2D eigenvalue weighted by Gasteiger charge is -2.33. The molecule has 30 heavy (non-hydrogen) atoms. The molecule has 2 heterocycles. The minimum Gasteiger partial charge on any atom is -0.457 e. The number of rotatable bonds is 6. The summed E-state index contributed by atoms with van der Waals surface area (Å²) in [4.78, 5) is 21.6. The Morgan fingerprint density at radius 2 is 1.63 bits per heavy atom. The first-order valence-electron chi connectivity index (χ1n) is 10.2. The predicted octanol–water partition coefficient (Wildman–Crippen LogP) is 3.56. The van der Waals surface area contributed by atoms with Crippen molar-refractivity contribution < 1.29 is 9.53 Å². The van der Waals surface area contributed by atoms with Crippen molar-refractivity contribution in [2.24, 2.45) is 0 Å². The third-order valence-electron chi connectivity index (χ3n) is 5.18. The number of likely N-dealkylation sites (N-methyl/N-ethyl adjacent to an activating group) is 1. The molecule has 0 radical (unpaired) electrons. The Morgan fingerprint density at radius 3 is 2.30 bits per heavy atom. The quantitative estimate of drug-likeness (QED) is 0.683. The number of hydrogen-bond acceptors (Lipinski definition) is 5. The average Bonchev–Trinajstić information content (AvgIpc) is 2.80. The lowest BCUT2D eigenvalue weighted by Crippen LogP contribution is -2.44. The number of ether oxygens (including phenoxy) is 1. The van der Waals surface area contributed by atoms with E-state index in [2.05, 4.69) is 27.1 Å². The van der Waals surface area contributed by atoms with E-state index in [0.29, 0.717) is 17.9 Å². The van der Waals surface area contributed by atoms with Gasteiger partial charge in [-0.3, -0.25) is 4.79 Å². The highest BCUT2D eigenvalue weighted by Gasteiger charge is 2.15. The molecule has 1 amide bonds. The Balaban J connectivity index is 1.29. The molecular formula is C24H26N4O2. The molecule has 0 unspecified atom stereocenters. The first-order valence-corrected chi connectivity index (χ1v) is 10.2. The summed E-state index contributed by atoms with van der Waals surface area (Å²) in [5.74, 6) is 2.33. The number of carbonyl (C=O) groups excluding carboxylic acids is 1. The van der Waals surface area contributed by atoms with Crippen LogP contribution in [-0.2, 0) is 6.54 Å². The summed E-state index contributed by atoms with van der Waals surface area (Å²) in [7, 11) is 2.14. The van der Waals surface area contributed by atoms with Gasteiger partial charge < -0.3 is 19.9 Å². The molecule has 3 aromatic rings. The molecule has 1 aliphatic heterocycles. The first kappa shape index (κ1) is 19.9. The van der Waals surface area contributed by atoms with Gasteiger partial charge in [0.15, 0.2) is 0 Å². The van der Waals surface area contributed by atoms with Gasteiger partial charge in [0.1, 0.15) is 17.3 Å². The number of pyridine rings is 1. The maximum Gasteiger partial charge on any atom is 0.251 e. The van der Waals surface area contributed by atoms with Crippen molar-refractivity contribution >= 4 is 11.7 Å². The number of aromatic nitrogens is 1. The van der Waals surface area contributed by atoms with Gasteiger partial charge in [-0.15, -0.1) is 0 Å². The van der Waals surface area contributed by atoms with Gasteiger partial charge >= 0.3 is 0 Å². The van der Waals surface area contributed by atoms with Crippen LogP contribution in [0.1, 0.15) is 15.9 Å². The lowest BCUT2D eigenvalue weighted by molar-refractivity contribution is 0.0951. The van der Waals surface area contributed by atoms with Gasteiger partial charge in [0, 0.05) is 44.5 Å². The smallest absolute Gasteiger partial charge is 0.251 e. The Kier molecular flexibility index (Phi) is 6.25. The molecule has 0 spiro atoms. The number of anilines is 1. The number of amides is 1. The third kappa shape index (κ3) is 5.15. The molecule has 6 nitrogen and oxygen atoms in total. The average molecular weight is 402 g/mol. The van der Waals surface area contributed by atoms with Crippen LogP contribution in [-0.4, -0.2) is 49.0 Å². The van der Waals surface area contributed by atoms with Crippen molar-refractivity contribution in [2.75, 3.05) is 38.1 Å². The van der Waals surface area contributed by atoms with Crippen LogP contribution in [0.3, 0.4) is 0 Å². The SMILES string of the molecule is CN1CCN(c2ccc(CNC(=O)c3ccc(Oc4ccccc4)cc3)cn2)CC1. The summed E-state index contributed by atoms with van der Waals surface area (Å²) in [5.41, 5.74) is 1.57. The third-order valence-corrected chi connectivity index (χ3v) is 5.18. The fraction of sp³-hybridized carbons (Fsp3) is 0.250. The van der Waals surface area contributed by atoms with Crippen molar-refractivity contribution in [3.05, 3.63) is 84.1 Å². The van der Waals surface area contributed by atoms with Gasteiger partial charge in [0.2, 0.25) is 0 Å². The van der Waals surface area contributed by atoms with Gasteiger partial charge in [-0.05, 0) is 55.1 Å². The summed E-state index contributed by atoms with van der Waals surface area (Å²) in [6.07, 6.45) is 1.84. The lowest BCUT2D eigenvalue weighted by atomic mass is 10.2. The fourth-order valence-electron chi connectivity index (χ4n) is 3.33. The summed E-state index contributed by atoms with van der Waals surface area (Å²) in [5, 5.41) is 2.95. The van der Waals surface area contributed by atoms with Crippen molar-refractivity contribution in [3.63, 3.8) is 0 Å². The molecule has 6 heteroatoms. The summed E-state index contributed by atoms with van der Waals surface area (Å²) in [6, 6.07) is 20.8. The molecule has 4 rings (SSSR count). The van der Waals surface area contributed by atoms with Crippen molar-refractivity contribution in [1.29, 1.82) is 0 Å². The van der Waals surface area contributed by atoms with Crippen LogP contribution >= 0.6 is 0 Å². The molecule has 1 fully saturated rings. The molecular weight excluding hydrogens is 376 g/mol. The van der Waals surface area contributed by atoms with Crippen LogP contribution in [0.5, 0.6) is 11.5 Å². The molecule has 1 aliphatic rings. The highest BCUT2D eigenvalue weighted by atomic mass is 16.5. The minimum absolute atomic E-state index is 0.121. The molecule has 0 atom stereocenters. The van der Waals surface area contributed by atoms with E-state index in [1.54, 1.807) is 24.3 Å². The number of piperazine rings is 1. The summed E-state index contributed by atoms with van der Waals surface area (Å²) < 4.78 is 5.76.